The van der Waals surface area contributed by atoms with Crippen LogP contribution in [0.25, 0.3) is 0 Å². The molecule has 1 heterocycles. The maximum absolute atomic E-state index is 5.99. The van der Waals surface area contributed by atoms with Crippen LogP contribution in [0.5, 0.6) is 0 Å². The van der Waals surface area contributed by atoms with Crippen molar-refractivity contribution in [3.63, 3.8) is 0 Å². The van der Waals surface area contributed by atoms with Gasteiger partial charge in [-0.2, -0.15) is 0 Å². The first-order valence-corrected chi connectivity index (χ1v) is 6.46. The summed E-state index contributed by atoms with van der Waals surface area (Å²) >= 11 is 5.99. The van der Waals surface area contributed by atoms with E-state index >= 15 is 0 Å². The molecule has 0 unspecified atom stereocenters. The summed E-state index contributed by atoms with van der Waals surface area (Å²) in [6.07, 6.45) is 1.98. The Balaban J connectivity index is 1.83. The van der Waals surface area contributed by atoms with Gasteiger partial charge in [0.1, 0.15) is 0 Å². The zero-order valence-electron chi connectivity index (χ0n) is 10.1. The van der Waals surface area contributed by atoms with Crippen LogP contribution in [0.4, 0.5) is 0 Å². The van der Waals surface area contributed by atoms with Crippen LogP contribution in [-0.2, 0) is 6.54 Å². The Bertz CT molecular complexity index is 370. The van der Waals surface area contributed by atoms with Crippen LogP contribution in [0.3, 0.4) is 0 Å². The molecule has 0 radical (unpaired) electrons. The summed E-state index contributed by atoms with van der Waals surface area (Å²) in [4.78, 5) is 4.91. The van der Waals surface area contributed by atoms with Crippen molar-refractivity contribution in [1.82, 2.24) is 9.80 Å². The first kappa shape index (κ1) is 12.6. The molecule has 1 saturated heterocycles. The van der Waals surface area contributed by atoms with Crippen molar-refractivity contribution in [3.05, 3.63) is 47.5 Å². The predicted octanol–water partition coefficient (Wildman–Crippen LogP) is 2.64. The molecule has 17 heavy (non-hydrogen) atoms. The minimum absolute atomic E-state index is 0.827. The van der Waals surface area contributed by atoms with Crippen LogP contribution < -0.4 is 0 Å². The lowest BCUT2D eigenvalue weighted by Crippen LogP contribution is -2.45. The van der Waals surface area contributed by atoms with Crippen molar-refractivity contribution >= 4 is 11.6 Å². The molecule has 1 aliphatic rings. The molecule has 2 rings (SSSR count). The van der Waals surface area contributed by atoms with Crippen molar-refractivity contribution in [1.29, 1.82) is 0 Å². The minimum Gasteiger partial charge on any atom is -0.297 e. The zero-order valence-corrected chi connectivity index (χ0v) is 10.9. The second-order valence-corrected chi connectivity index (χ2v) is 4.93. The van der Waals surface area contributed by atoms with E-state index in [2.05, 4.69) is 28.5 Å². The maximum Gasteiger partial charge on any atom is 0.0409 e. The third-order valence-corrected chi connectivity index (χ3v) is 3.38. The van der Waals surface area contributed by atoms with Gasteiger partial charge in [0.05, 0.1) is 0 Å². The molecule has 0 N–H and O–H groups in total. The van der Waals surface area contributed by atoms with Crippen molar-refractivity contribution in [2.45, 2.75) is 6.54 Å². The molecule has 0 aliphatic carbocycles. The van der Waals surface area contributed by atoms with Crippen LogP contribution in [-0.4, -0.2) is 42.5 Å². The van der Waals surface area contributed by atoms with E-state index in [1.54, 1.807) is 0 Å². The second-order valence-electron chi connectivity index (χ2n) is 4.50. The average molecular weight is 251 g/mol. The second kappa shape index (κ2) is 6.20. The van der Waals surface area contributed by atoms with Gasteiger partial charge >= 0.3 is 0 Å². The zero-order chi connectivity index (χ0) is 12.1. The standard InChI is InChI=1S/C14H19ClN2/c1-2-6-16-7-9-17(10-8-16)12-13-4-3-5-14(15)11-13/h2-5,11H,1,6-10,12H2. The van der Waals surface area contributed by atoms with Gasteiger partial charge < -0.3 is 0 Å². The van der Waals surface area contributed by atoms with E-state index in [4.69, 9.17) is 11.6 Å². The summed E-state index contributed by atoms with van der Waals surface area (Å²) in [7, 11) is 0. The van der Waals surface area contributed by atoms with E-state index in [0.29, 0.717) is 0 Å². The number of nitrogens with zero attached hydrogens (tertiary/aromatic N) is 2. The topological polar surface area (TPSA) is 6.48 Å². The van der Waals surface area contributed by atoms with Gasteiger partial charge in [-0.05, 0) is 17.7 Å². The molecule has 0 aromatic heterocycles. The molecule has 0 amide bonds. The number of rotatable bonds is 4. The normalized spacial score (nSPS) is 18.2. The fourth-order valence-electron chi connectivity index (χ4n) is 2.21. The third-order valence-electron chi connectivity index (χ3n) is 3.15. The highest BCUT2D eigenvalue weighted by Crippen LogP contribution is 2.13. The Morgan fingerprint density at radius 2 is 1.88 bits per heavy atom. The molecular weight excluding hydrogens is 232 g/mol. The molecule has 92 valence electrons. The van der Waals surface area contributed by atoms with Crippen molar-refractivity contribution < 1.29 is 0 Å². The van der Waals surface area contributed by atoms with Crippen molar-refractivity contribution in [2.24, 2.45) is 0 Å². The van der Waals surface area contributed by atoms with E-state index < -0.39 is 0 Å². The predicted molar refractivity (Wildman–Crippen MR) is 73.4 cm³/mol. The van der Waals surface area contributed by atoms with E-state index in [0.717, 1.165) is 44.3 Å². The van der Waals surface area contributed by atoms with Gasteiger partial charge in [0.15, 0.2) is 0 Å². The highest BCUT2D eigenvalue weighted by Gasteiger charge is 2.15. The molecule has 1 aromatic carbocycles. The summed E-state index contributed by atoms with van der Waals surface area (Å²) in [6, 6.07) is 8.14. The van der Waals surface area contributed by atoms with Gasteiger partial charge in [0.2, 0.25) is 0 Å². The van der Waals surface area contributed by atoms with Crippen LogP contribution in [0, 0.1) is 0 Å². The Morgan fingerprint density at radius 3 is 2.53 bits per heavy atom. The summed E-state index contributed by atoms with van der Waals surface area (Å²) in [5, 5.41) is 0.827. The van der Waals surface area contributed by atoms with E-state index in [1.165, 1.54) is 5.56 Å². The van der Waals surface area contributed by atoms with E-state index in [9.17, 15) is 0 Å². The van der Waals surface area contributed by atoms with Crippen LogP contribution in [0.1, 0.15) is 5.56 Å². The highest BCUT2D eigenvalue weighted by atomic mass is 35.5. The van der Waals surface area contributed by atoms with Crippen LogP contribution in [0.2, 0.25) is 5.02 Å². The van der Waals surface area contributed by atoms with Crippen LogP contribution in [0.15, 0.2) is 36.9 Å². The number of hydrogen-bond donors (Lipinski definition) is 0. The monoisotopic (exact) mass is 250 g/mol. The number of hydrogen-bond acceptors (Lipinski definition) is 2. The maximum atomic E-state index is 5.99. The third kappa shape index (κ3) is 3.84. The summed E-state index contributed by atoms with van der Waals surface area (Å²) in [6.45, 7) is 10.3. The Morgan fingerprint density at radius 1 is 1.18 bits per heavy atom. The molecule has 1 fully saturated rings. The minimum atomic E-state index is 0.827. The Hall–Kier alpha value is -0.830. The highest BCUT2D eigenvalue weighted by molar-refractivity contribution is 6.30. The Kier molecular flexibility index (Phi) is 4.60. The van der Waals surface area contributed by atoms with Crippen molar-refractivity contribution in [2.75, 3.05) is 32.7 Å². The SMILES string of the molecule is C=CCN1CCN(Cc2cccc(Cl)c2)CC1. The fraction of sp³-hybridized carbons (Fsp3) is 0.429. The molecule has 1 aliphatic heterocycles. The van der Waals surface area contributed by atoms with Gasteiger partial charge in [0.25, 0.3) is 0 Å². The molecule has 1 aromatic rings. The largest absolute Gasteiger partial charge is 0.297 e. The molecule has 0 saturated carbocycles. The van der Waals surface area contributed by atoms with Gasteiger partial charge in [-0.25, -0.2) is 0 Å². The van der Waals surface area contributed by atoms with Gasteiger partial charge in [-0.3, -0.25) is 9.80 Å². The fourth-order valence-corrected chi connectivity index (χ4v) is 2.42. The smallest absolute Gasteiger partial charge is 0.0409 e. The van der Waals surface area contributed by atoms with Gasteiger partial charge in [-0.1, -0.05) is 29.8 Å². The lowest BCUT2D eigenvalue weighted by atomic mass is 10.2. The van der Waals surface area contributed by atoms with Crippen molar-refractivity contribution in [3.8, 4) is 0 Å². The molecule has 0 bridgehead atoms. The van der Waals surface area contributed by atoms with Gasteiger partial charge in [0, 0.05) is 44.3 Å². The van der Waals surface area contributed by atoms with Crippen LogP contribution >= 0.6 is 11.6 Å². The molecule has 3 heteroatoms. The number of halogens is 1. The molecule has 0 spiro atoms. The van der Waals surface area contributed by atoms with E-state index in [-0.39, 0.29) is 0 Å². The quantitative estimate of drug-likeness (QED) is 0.758. The summed E-state index contributed by atoms with van der Waals surface area (Å²) in [5.74, 6) is 0. The summed E-state index contributed by atoms with van der Waals surface area (Å²) < 4.78 is 0. The lowest BCUT2D eigenvalue weighted by molar-refractivity contribution is 0.137. The Labute approximate surface area is 108 Å². The van der Waals surface area contributed by atoms with Gasteiger partial charge in [-0.15, -0.1) is 6.58 Å². The first-order valence-electron chi connectivity index (χ1n) is 6.08. The number of benzene rings is 1. The number of piperazine rings is 1. The molecule has 0 atom stereocenters. The molecule has 2 nitrogen and oxygen atoms in total. The first-order chi connectivity index (χ1) is 8.28. The van der Waals surface area contributed by atoms with E-state index in [1.807, 2.05) is 18.2 Å². The summed E-state index contributed by atoms with van der Waals surface area (Å²) in [5.41, 5.74) is 1.30. The lowest BCUT2D eigenvalue weighted by Gasteiger charge is -2.34. The average Bonchev–Trinajstić information content (AvgIpc) is 2.32. The molecular formula is C14H19ClN2.